The zero-order valence-electron chi connectivity index (χ0n) is 12.8. The Balaban J connectivity index is 1.87. The molecule has 0 aromatic carbocycles. The van der Waals surface area contributed by atoms with E-state index < -0.39 is 0 Å². The average Bonchev–Trinajstić information content (AvgIpc) is 2.64. The van der Waals surface area contributed by atoms with Crippen molar-refractivity contribution >= 4 is 0 Å². The Kier molecular flexibility index (Phi) is 4.08. The normalized spacial score (nSPS) is 39.2. The minimum Gasteiger partial charge on any atom is -0.324 e. The van der Waals surface area contributed by atoms with Crippen LogP contribution in [-0.2, 0) is 0 Å². The minimum atomic E-state index is 0.102. The van der Waals surface area contributed by atoms with Crippen LogP contribution in [0.3, 0.4) is 0 Å². The number of hydrogen-bond donors (Lipinski definition) is 1. The van der Waals surface area contributed by atoms with E-state index in [1.807, 2.05) is 0 Å². The van der Waals surface area contributed by atoms with E-state index in [2.05, 4.69) is 32.6 Å². The molecular weight excluding hydrogens is 220 g/mol. The van der Waals surface area contributed by atoms with Crippen molar-refractivity contribution < 1.29 is 0 Å². The van der Waals surface area contributed by atoms with Gasteiger partial charge in [-0.3, -0.25) is 0 Å². The summed E-state index contributed by atoms with van der Waals surface area (Å²) >= 11 is 0. The standard InChI is InChI=1S/C16H32N2/c1-13-6-5-8-16(17,10-13)12-18-9-7-14(11-18)15(2,3)4/h13-14H,5-12,17H2,1-4H3. The molecule has 1 saturated heterocycles. The quantitative estimate of drug-likeness (QED) is 0.817. The monoisotopic (exact) mass is 252 g/mol. The third-order valence-electron chi connectivity index (χ3n) is 5.16. The van der Waals surface area contributed by atoms with Crippen molar-refractivity contribution in [2.45, 2.75) is 65.3 Å². The molecule has 0 amide bonds. The van der Waals surface area contributed by atoms with Gasteiger partial charge in [0.2, 0.25) is 0 Å². The van der Waals surface area contributed by atoms with E-state index in [1.54, 1.807) is 0 Å². The fourth-order valence-electron chi connectivity index (χ4n) is 3.97. The van der Waals surface area contributed by atoms with Gasteiger partial charge in [-0.05, 0) is 43.1 Å². The molecule has 2 N–H and O–H groups in total. The Hall–Kier alpha value is -0.0800. The van der Waals surface area contributed by atoms with Crippen molar-refractivity contribution in [3.05, 3.63) is 0 Å². The highest BCUT2D eigenvalue weighted by atomic mass is 15.2. The predicted octanol–water partition coefficient (Wildman–Crippen LogP) is 3.26. The second-order valence-corrected chi connectivity index (χ2v) is 8.15. The average molecular weight is 252 g/mol. The zero-order valence-corrected chi connectivity index (χ0v) is 12.8. The van der Waals surface area contributed by atoms with Gasteiger partial charge in [-0.25, -0.2) is 0 Å². The summed E-state index contributed by atoms with van der Waals surface area (Å²) in [6.45, 7) is 13.1. The van der Waals surface area contributed by atoms with Crippen molar-refractivity contribution in [1.29, 1.82) is 0 Å². The molecule has 0 aromatic rings. The van der Waals surface area contributed by atoms with Gasteiger partial charge in [0.1, 0.15) is 0 Å². The molecule has 3 unspecified atom stereocenters. The van der Waals surface area contributed by atoms with Crippen LogP contribution >= 0.6 is 0 Å². The third kappa shape index (κ3) is 3.48. The van der Waals surface area contributed by atoms with Gasteiger partial charge in [0.25, 0.3) is 0 Å². The van der Waals surface area contributed by atoms with Crippen molar-refractivity contribution in [1.82, 2.24) is 4.90 Å². The van der Waals surface area contributed by atoms with Gasteiger partial charge >= 0.3 is 0 Å². The van der Waals surface area contributed by atoms with Gasteiger partial charge in [-0.15, -0.1) is 0 Å². The molecule has 2 heteroatoms. The van der Waals surface area contributed by atoms with E-state index in [1.165, 1.54) is 45.2 Å². The highest BCUT2D eigenvalue weighted by molar-refractivity contribution is 4.95. The maximum Gasteiger partial charge on any atom is 0.0285 e. The first kappa shape index (κ1) is 14.3. The van der Waals surface area contributed by atoms with Gasteiger partial charge in [0, 0.05) is 18.6 Å². The Bertz CT molecular complexity index is 281. The van der Waals surface area contributed by atoms with E-state index in [4.69, 9.17) is 5.73 Å². The summed E-state index contributed by atoms with van der Waals surface area (Å²) in [7, 11) is 0. The SMILES string of the molecule is CC1CCCC(N)(CN2CCC(C(C)(C)C)C2)C1. The molecule has 1 saturated carbocycles. The smallest absolute Gasteiger partial charge is 0.0285 e. The first-order valence-electron chi connectivity index (χ1n) is 7.80. The lowest BCUT2D eigenvalue weighted by molar-refractivity contribution is 0.155. The van der Waals surface area contributed by atoms with Crippen molar-refractivity contribution in [3.8, 4) is 0 Å². The molecule has 3 atom stereocenters. The molecule has 1 aliphatic carbocycles. The summed E-state index contributed by atoms with van der Waals surface area (Å²) in [6.07, 6.45) is 6.52. The predicted molar refractivity (Wildman–Crippen MR) is 78.6 cm³/mol. The highest BCUT2D eigenvalue weighted by Crippen LogP contribution is 2.36. The van der Waals surface area contributed by atoms with E-state index in [-0.39, 0.29) is 5.54 Å². The largest absolute Gasteiger partial charge is 0.324 e. The van der Waals surface area contributed by atoms with Crippen LogP contribution in [0.15, 0.2) is 0 Å². The first-order valence-corrected chi connectivity index (χ1v) is 7.80. The Morgan fingerprint density at radius 3 is 2.56 bits per heavy atom. The van der Waals surface area contributed by atoms with Crippen LogP contribution in [0.5, 0.6) is 0 Å². The van der Waals surface area contributed by atoms with Gasteiger partial charge in [-0.2, -0.15) is 0 Å². The maximum atomic E-state index is 6.64. The van der Waals surface area contributed by atoms with Crippen molar-refractivity contribution in [2.24, 2.45) is 23.0 Å². The van der Waals surface area contributed by atoms with Crippen molar-refractivity contribution in [3.63, 3.8) is 0 Å². The maximum absolute atomic E-state index is 6.64. The number of rotatable bonds is 2. The van der Waals surface area contributed by atoms with Gasteiger partial charge in [-0.1, -0.05) is 40.5 Å². The summed E-state index contributed by atoms with van der Waals surface area (Å²) in [5, 5.41) is 0. The van der Waals surface area contributed by atoms with Crippen molar-refractivity contribution in [2.75, 3.05) is 19.6 Å². The van der Waals surface area contributed by atoms with Crippen LogP contribution in [0.2, 0.25) is 0 Å². The summed E-state index contributed by atoms with van der Waals surface area (Å²) in [5.74, 6) is 1.67. The van der Waals surface area contributed by atoms with Gasteiger partial charge < -0.3 is 10.6 Å². The summed E-state index contributed by atoms with van der Waals surface area (Å²) in [6, 6.07) is 0. The molecule has 106 valence electrons. The van der Waals surface area contributed by atoms with Crippen LogP contribution in [0.1, 0.15) is 59.8 Å². The molecule has 0 spiro atoms. The number of nitrogens with two attached hydrogens (primary N) is 1. The Labute approximate surface area is 113 Å². The minimum absolute atomic E-state index is 0.102. The van der Waals surface area contributed by atoms with Crippen LogP contribution in [-0.4, -0.2) is 30.1 Å². The lowest BCUT2D eigenvalue weighted by Gasteiger charge is -2.40. The molecule has 2 fully saturated rings. The Morgan fingerprint density at radius 1 is 1.28 bits per heavy atom. The van der Waals surface area contributed by atoms with Gasteiger partial charge in [0.05, 0.1) is 0 Å². The van der Waals surface area contributed by atoms with Gasteiger partial charge in [0.15, 0.2) is 0 Å². The molecule has 0 bridgehead atoms. The molecule has 0 radical (unpaired) electrons. The fraction of sp³-hybridized carbons (Fsp3) is 1.00. The fourth-order valence-corrected chi connectivity index (χ4v) is 3.97. The van der Waals surface area contributed by atoms with Crippen LogP contribution in [0.4, 0.5) is 0 Å². The lowest BCUT2D eigenvalue weighted by atomic mass is 9.76. The topological polar surface area (TPSA) is 29.3 Å². The third-order valence-corrected chi connectivity index (χ3v) is 5.16. The number of hydrogen-bond acceptors (Lipinski definition) is 2. The van der Waals surface area contributed by atoms with E-state index in [9.17, 15) is 0 Å². The molecule has 1 heterocycles. The summed E-state index contributed by atoms with van der Waals surface area (Å²) in [4.78, 5) is 2.63. The summed E-state index contributed by atoms with van der Waals surface area (Å²) < 4.78 is 0. The van der Waals surface area contributed by atoms with E-state index in [0.717, 1.165) is 18.4 Å². The highest BCUT2D eigenvalue weighted by Gasteiger charge is 2.37. The van der Waals surface area contributed by atoms with Crippen LogP contribution in [0.25, 0.3) is 0 Å². The summed E-state index contributed by atoms with van der Waals surface area (Å²) in [5.41, 5.74) is 7.20. The molecule has 0 aromatic heterocycles. The molecule has 2 rings (SSSR count). The number of likely N-dealkylation sites (tertiary alicyclic amines) is 1. The zero-order chi connectivity index (χ0) is 13.4. The second kappa shape index (κ2) is 5.13. The molecule has 2 nitrogen and oxygen atoms in total. The number of nitrogens with zero attached hydrogens (tertiary/aromatic N) is 1. The Morgan fingerprint density at radius 2 is 2.00 bits per heavy atom. The second-order valence-electron chi connectivity index (χ2n) is 8.15. The molecule has 1 aliphatic heterocycles. The molecular formula is C16H32N2. The van der Waals surface area contributed by atoms with E-state index >= 15 is 0 Å². The molecule has 18 heavy (non-hydrogen) atoms. The molecule has 2 aliphatic rings. The first-order chi connectivity index (χ1) is 8.28. The van der Waals surface area contributed by atoms with E-state index in [0.29, 0.717) is 5.41 Å². The van der Waals surface area contributed by atoms with Crippen LogP contribution < -0.4 is 5.73 Å². The lowest BCUT2D eigenvalue weighted by Crippen LogP contribution is -2.52. The van der Waals surface area contributed by atoms with Crippen LogP contribution in [0, 0.1) is 17.3 Å².